The molecular formula is C21H43NO4. The molecule has 0 bridgehead atoms. The number of hydrogen-bond donors (Lipinski definition) is 3. The molecule has 0 fully saturated rings. The first-order chi connectivity index (χ1) is 12.6. The Balaban J connectivity index is 0. The number of carboxylic acid groups (broad SMARTS) is 1. The van der Waals surface area contributed by atoms with Gasteiger partial charge < -0.3 is 15.5 Å². The smallest absolute Gasteiger partial charge is 0.303 e. The Morgan fingerprint density at radius 2 is 1.04 bits per heavy atom. The highest BCUT2D eigenvalue weighted by molar-refractivity contribution is 5.76. The zero-order valence-electron chi connectivity index (χ0n) is 17.2. The summed E-state index contributed by atoms with van der Waals surface area (Å²) in [5.41, 5.74) is 0. The molecule has 0 rings (SSSR count). The Labute approximate surface area is 161 Å². The summed E-state index contributed by atoms with van der Waals surface area (Å²) >= 11 is 0. The Morgan fingerprint density at radius 1 is 0.692 bits per heavy atom. The number of hydrogen-bond acceptors (Lipinski definition) is 3. The predicted molar refractivity (Wildman–Crippen MR) is 108 cm³/mol. The van der Waals surface area contributed by atoms with Crippen molar-refractivity contribution in [3.05, 3.63) is 0 Å². The number of amides is 1. The van der Waals surface area contributed by atoms with Crippen molar-refractivity contribution in [1.82, 2.24) is 5.32 Å². The van der Waals surface area contributed by atoms with Crippen molar-refractivity contribution in [2.75, 3.05) is 13.7 Å². The number of carboxylic acids is 1. The molecule has 0 aliphatic carbocycles. The molecule has 0 aromatic rings. The molecule has 0 aromatic carbocycles. The molecular weight excluding hydrogens is 330 g/mol. The lowest BCUT2D eigenvalue weighted by Gasteiger charge is -2.03. The van der Waals surface area contributed by atoms with Gasteiger partial charge in [-0.1, -0.05) is 96.8 Å². The van der Waals surface area contributed by atoms with E-state index < -0.39 is 12.6 Å². The minimum absolute atomic E-state index is 0.345. The third kappa shape index (κ3) is 27.7. The zero-order valence-corrected chi connectivity index (χ0v) is 17.2. The number of rotatable bonds is 17. The molecule has 3 N–H and O–H groups in total. The van der Waals surface area contributed by atoms with Gasteiger partial charge in [-0.15, -0.1) is 0 Å². The number of aliphatic hydroxyl groups is 1. The van der Waals surface area contributed by atoms with Crippen molar-refractivity contribution >= 4 is 11.9 Å². The largest absolute Gasteiger partial charge is 0.481 e. The maximum atomic E-state index is 10.3. The first-order valence-corrected chi connectivity index (χ1v) is 10.6. The maximum absolute atomic E-state index is 10.3. The van der Waals surface area contributed by atoms with Gasteiger partial charge in [-0.3, -0.25) is 9.59 Å². The van der Waals surface area contributed by atoms with E-state index in [0.717, 1.165) is 12.8 Å². The van der Waals surface area contributed by atoms with Crippen LogP contribution in [0.15, 0.2) is 0 Å². The van der Waals surface area contributed by atoms with Crippen LogP contribution in [0, 0.1) is 0 Å². The Hall–Kier alpha value is -1.10. The number of carbonyl (C=O) groups excluding carboxylic acids is 1. The van der Waals surface area contributed by atoms with Crippen molar-refractivity contribution in [3.63, 3.8) is 0 Å². The molecule has 156 valence electrons. The molecule has 0 atom stereocenters. The number of carbonyl (C=O) groups is 2. The standard InChI is InChI=1S/C18H36O2.C3H7NO2/c1-2-3-4-5-6-7-8-9-10-11-12-13-14-15-16-17-18(19)20;1-4-3(6)2-5/h2-17H2,1H3,(H,19,20);5H,2H2,1H3,(H,4,6). The molecule has 26 heavy (non-hydrogen) atoms. The highest BCUT2D eigenvalue weighted by Gasteiger charge is 1.97. The second-order valence-corrected chi connectivity index (χ2v) is 6.92. The van der Waals surface area contributed by atoms with Crippen LogP contribution in [0.1, 0.15) is 110 Å². The van der Waals surface area contributed by atoms with E-state index in [-0.39, 0.29) is 5.91 Å². The van der Waals surface area contributed by atoms with Crippen molar-refractivity contribution in [2.45, 2.75) is 110 Å². The van der Waals surface area contributed by atoms with E-state index in [2.05, 4.69) is 12.2 Å². The van der Waals surface area contributed by atoms with Gasteiger partial charge in [-0.2, -0.15) is 0 Å². The van der Waals surface area contributed by atoms with Crippen molar-refractivity contribution in [3.8, 4) is 0 Å². The van der Waals surface area contributed by atoms with Crippen LogP contribution in [0.2, 0.25) is 0 Å². The molecule has 0 aliphatic rings. The lowest BCUT2D eigenvalue weighted by molar-refractivity contribution is -0.137. The third-order valence-corrected chi connectivity index (χ3v) is 4.42. The van der Waals surface area contributed by atoms with Crippen molar-refractivity contribution in [1.29, 1.82) is 0 Å². The molecule has 0 aromatic heterocycles. The second-order valence-electron chi connectivity index (χ2n) is 6.92. The zero-order chi connectivity index (χ0) is 19.9. The van der Waals surface area contributed by atoms with Gasteiger partial charge in [0.15, 0.2) is 0 Å². The fourth-order valence-electron chi connectivity index (χ4n) is 2.73. The topological polar surface area (TPSA) is 86.6 Å². The number of aliphatic hydroxyl groups excluding tert-OH is 1. The van der Waals surface area contributed by atoms with Crippen molar-refractivity contribution in [2.24, 2.45) is 0 Å². The van der Waals surface area contributed by atoms with Crippen LogP contribution >= 0.6 is 0 Å². The summed E-state index contributed by atoms with van der Waals surface area (Å²) < 4.78 is 0. The summed E-state index contributed by atoms with van der Waals surface area (Å²) in [5, 5.41) is 18.7. The monoisotopic (exact) mass is 373 g/mol. The highest BCUT2D eigenvalue weighted by atomic mass is 16.4. The molecule has 5 nitrogen and oxygen atoms in total. The first kappa shape index (κ1) is 27.1. The Kier molecular flexibility index (Phi) is 24.9. The van der Waals surface area contributed by atoms with Gasteiger partial charge in [-0.25, -0.2) is 0 Å². The van der Waals surface area contributed by atoms with Gasteiger partial charge in [-0.05, 0) is 6.42 Å². The Bertz CT molecular complexity index is 302. The van der Waals surface area contributed by atoms with E-state index in [9.17, 15) is 9.59 Å². The summed E-state index contributed by atoms with van der Waals surface area (Å²) in [6.07, 6.45) is 20.2. The summed E-state index contributed by atoms with van der Waals surface area (Å²) in [6, 6.07) is 0. The molecule has 0 radical (unpaired) electrons. The minimum Gasteiger partial charge on any atom is -0.481 e. The molecule has 5 heteroatoms. The van der Waals surface area contributed by atoms with Crippen LogP contribution in [-0.2, 0) is 9.59 Å². The molecule has 0 aliphatic heterocycles. The average Bonchev–Trinajstić information content (AvgIpc) is 2.64. The lowest BCUT2D eigenvalue weighted by atomic mass is 10.0. The van der Waals surface area contributed by atoms with E-state index in [1.54, 1.807) is 0 Å². The van der Waals surface area contributed by atoms with E-state index in [1.807, 2.05) is 0 Å². The van der Waals surface area contributed by atoms with Gasteiger partial charge in [0.1, 0.15) is 6.61 Å². The minimum atomic E-state index is -0.653. The number of nitrogens with one attached hydrogen (secondary N) is 1. The molecule has 0 saturated heterocycles. The third-order valence-electron chi connectivity index (χ3n) is 4.42. The van der Waals surface area contributed by atoms with Gasteiger partial charge in [0.25, 0.3) is 0 Å². The van der Waals surface area contributed by atoms with Gasteiger partial charge in [0, 0.05) is 13.5 Å². The summed E-state index contributed by atoms with van der Waals surface area (Å²) in [4.78, 5) is 20.2. The van der Waals surface area contributed by atoms with Crippen LogP contribution in [0.25, 0.3) is 0 Å². The molecule has 0 spiro atoms. The van der Waals surface area contributed by atoms with E-state index in [4.69, 9.17) is 10.2 Å². The SMILES string of the molecule is CCCCCCCCCCCCCCCCCC(=O)O.CNC(=O)CO. The van der Waals surface area contributed by atoms with Crippen LogP contribution in [0.4, 0.5) is 0 Å². The summed E-state index contributed by atoms with van der Waals surface area (Å²) in [6.45, 7) is 1.85. The van der Waals surface area contributed by atoms with Crippen molar-refractivity contribution < 1.29 is 19.8 Å². The quantitative estimate of drug-likeness (QED) is 0.311. The number of likely N-dealkylation sites (N-methyl/N-ethyl adjacent to an activating group) is 1. The molecule has 0 saturated carbocycles. The average molecular weight is 374 g/mol. The van der Waals surface area contributed by atoms with Crippen LogP contribution in [-0.4, -0.2) is 35.7 Å². The summed E-state index contributed by atoms with van der Waals surface area (Å²) in [5.74, 6) is -1.00. The van der Waals surface area contributed by atoms with E-state index in [0.29, 0.717) is 6.42 Å². The van der Waals surface area contributed by atoms with E-state index in [1.165, 1.54) is 90.5 Å². The van der Waals surface area contributed by atoms with Crippen LogP contribution in [0.5, 0.6) is 0 Å². The fourth-order valence-corrected chi connectivity index (χ4v) is 2.73. The lowest BCUT2D eigenvalue weighted by Crippen LogP contribution is -2.20. The Morgan fingerprint density at radius 3 is 1.27 bits per heavy atom. The van der Waals surface area contributed by atoms with Crippen LogP contribution in [0.3, 0.4) is 0 Å². The molecule has 0 unspecified atom stereocenters. The number of aliphatic carboxylic acids is 1. The van der Waals surface area contributed by atoms with Crippen LogP contribution < -0.4 is 5.32 Å². The highest BCUT2D eigenvalue weighted by Crippen LogP contribution is 2.13. The summed E-state index contributed by atoms with van der Waals surface area (Å²) in [7, 11) is 1.47. The normalized spacial score (nSPS) is 10.1. The van der Waals surface area contributed by atoms with Gasteiger partial charge in [0.2, 0.25) is 5.91 Å². The predicted octanol–water partition coefficient (Wildman–Crippen LogP) is 5.06. The fraction of sp³-hybridized carbons (Fsp3) is 0.905. The number of unbranched alkanes of at least 4 members (excludes halogenated alkanes) is 14. The van der Waals surface area contributed by atoms with Gasteiger partial charge >= 0.3 is 5.97 Å². The van der Waals surface area contributed by atoms with Gasteiger partial charge in [0.05, 0.1) is 0 Å². The molecule has 1 amide bonds. The van der Waals surface area contributed by atoms with E-state index >= 15 is 0 Å². The second kappa shape index (κ2) is 23.9. The molecule has 0 heterocycles. The first-order valence-electron chi connectivity index (χ1n) is 10.6. The maximum Gasteiger partial charge on any atom is 0.303 e.